The predicted octanol–water partition coefficient (Wildman–Crippen LogP) is 5.17. The number of ether oxygens (including phenoxy) is 2. The lowest BCUT2D eigenvalue weighted by Crippen LogP contribution is -2.49. The van der Waals surface area contributed by atoms with Gasteiger partial charge in [-0.1, -0.05) is 29.3 Å². The Hall–Kier alpha value is -2.68. The molecule has 0 radical (unpaired) electrons. The van der Waals surface area contributed by atoms with Gasteiger partial charge in [-0.05, 0) is 24.3 Å². The van der Waals surface area contributed by atoms with Crippen molar-refractivity contribution in [3.8, 4) is 11.5 Å². The number of piperazine rings is 1. The summed E-state index contributed by atoms with van der Waals surface area (Å²) >= 11 is 13.9. The van der Waals surface area contributed by atoms with Crippen molar-refractivity contribution in [3.05, 3.63) is 57.5 Å². The molecule has 168 valence electrons. The van der Waals surface area contributed by atoms with Crippen LogP contribution in [0.1, 0.15) is 10.5 Å². The second-order valence-corrected chi connectivity index (χ2v) is 8.73. The van der Waals surface area contributed by atoms with Crippen LogP contribution in [0, 0.1) is 0 Å². The fourth-order valence-electron chi connectivity index (χ4n) is 3.52. The molecule has 0 bridgehead atoms. The normalized spacial score (nSPS) is 13.8. The molecular weight excluding hydrogens is 471 g/mol. The molecule has 1 aromatic heterocycles. The first-order valence-electron chi connectivity index (χ1n) is 9.93. The number of carbonyl (C=O) groups excluding carboxylic acids is 1. The average Bonchev–Trinajstić information content (AvgIpc) is 3.29. The Morgan fingerprint density at radius 3 is 2.53 bits per heavy atom. The number of anilines is 3. The fraction of sp³-hybridized carbons (Fsp3) is 0.273. The van der Waals surface area contributed by atoms with Crippen LogP contribution in [-0.4, -0.2) is 56.2 Å². The summed E-state index contributed by atoms with van der Waals surface area (Å²) in [5.41, 5.74) is 2.11. The van der Waals surface area contributed by atoms with Crippen molar-refractivity contribution in [1.82, 2.24) is 9.88 Å². The van der Waals surface area contributed by atoms with Crippen molar-refractivity contribution in [2.45, 2.75) is 0 Å². The first kappa shape index (κ1) is 22.5. The lowest BCUT2D eigenvalue weighted by molar-refractivity contribution is 0.0742. The first-order chi connectivity index (χ1) is 15.5. The standard InChI is InChI=1S/C22H22Cl2N4O3S/c1-30-18-7-6-14(12-19(18)31-2)25-22-26-16(13-32-22)21(29)28-10-8-27(9-11-28)17-5-3-4-15(23)20(17)24/h3-7,12-13H,8-11H2,1-2H3,(H,25,26). The van der Waals surface area contributed by atoms with Crippen LogP contribution in [-0.2, 0) is 0 Å². The topological polar surface area (TPSA) is 66.9 Å². The van der Waals surface area contributed by atoms with Crippen LogP contribution in [0.25, 0.3) is 0 Å². The van der Waals surface area contributed by atoms with Gasteiger partial charge in [0.15, 0.2) is 16.6 Å². The van der Waals surface area contributed by atoms with Crippen LogP contribution in [0.2, 0.25) is 10.0 Å². The molecule has 1 fully saturated rings. The van der Waals surface area contributed by atoms with Gasteiger partial charge in [-0.15, -0.1) is 11.3 Å². The number of carbonyl (C=O) groups is 1. The zero-order valence-electron chi connectivity index (χ0n) is 17.6. The SMILES string of the molecule is COc1ccc(Nc2nc(C(=O)N3CCN(c4cccc(Cl)c4Cl)CC3)cs2)cc1OC. The number of rotatable bonds is 6. The minimum atomic E-state index is -0.0848. The van der Waals surface area contributed by atoms with E-state index >= 15 is 0 Å². The number of thiazole rings is 1. The highest BCUT2D eigenvalue weighted by molar-refractivity contribution is 7.14. The molecule has 1 amide bonds. The molecule has 32 heavy (non-hydrogen) atoms. The average molecular weight is 493 g/mol. The maximum Gasteiger partial charge on any atom is 0.273 e. The van der Waals surface area contributed by atoms with E-state index in [9.17, 15) is 4.79 Å². The zero-order valence-corrected chi connectivity index (χ0v) is 19.9. The van der Waals surface area contributed by atoms with Crippen LogP contribution in [0.5, 0.6) is 11.5 Å². The molecule has 3 aromatic rings. The molecule has 10 heteroatoms. The molecule has 0 unspecified atom stereocenters. The van der Waals surface area contributed by atoms with Crippen molar-refractivity contribution in [3.63, 3.8) is 0 Å². The largest absolute Gasteiger partial charge is 0.493 e. The van der Waals surface area contributed by atoms with E-state index in [-0.39, 0.29) is 5.91 Å². The van der Waals surface area contributed by atoms with Gasteiger partial charge in [0, 0.05) is 43.3 Å². The van der Waals surface area contributed by atoms with Gasteiger partial charge in [-0.2, -0.15) is 0 Å². The molecule has 1 aliphatic heterocycles. The first-order valence-corrected chi connectivity index (χ1v) is 11.6. The summed E-state index contributed by atoms with van der Waals surface area (Å²) in [4.78, 5) is 21.4. The third-order valence-electron chi connectivity index (χ3n) is 5.20. The fourth-order valence-corrected chi connectivity index (χ4v) is 4.64. The second-order valence-electron chi connectivity index (χ2n) is 7.08. The molecule has 0 spiro atoms. The molecule has 1 saturated heterocycles. The van der Waals surface area contributed by atoms with Crippen molar-refractivity contribution in [2.24, 2.45) is 0 Å². The highest BCUT2D eigenvalue weighted by Crippen LogP contribution is 2.34. The third-order valence-corrected chi connectivity index (χ3v) is 6.76. The van der Waals surface area contributed by atoms with E-state index in [0.29, 0.717) is 58.5 Å². The number of methoxy groups -OCH3 is 2. The number of nitrogens with one attached hydrogen (secondary N) is 1. The highest BCUT2D eigenvalue weighted by Gasteiger charge is 2.25. The quantitative estimate of drug-likeness (QED) is 0.511. The van der Waals surface area contributed by atoms with Gasteiger partial charge in [-0.3, -0.25) is 4.79 Å². The Bertz CT molecular complexity index is 1120. The molecule has 0 aliphatic carbocycles. The van der Waals surface area contributed by atoms with Gasteiger partial charge < -0.3 is 24.6 Å². The van der Waals surface area contributed by atoms with E-state index in [1.807, 2.05) is 35.2 Å². The lowest BCUT2D eigenvalue weighted by Gasteiger charge is -2.36. The molecule has 1 aliphatic rings. The number of hydrogen-bond donors (Lipinski definition) is 1. The van der Waals surface area contributed by atoms with Gasteiger partial charge in [0.25, 0.3) is 5.91 Å². The minimum Gasteiger partial charge on any atom is -0.493 e. The number of hydrogen-bond acceptors (Lipinski definition) is 7. The highest BCUT2D eigenvalue weighted by atomic mass is 35.5. The Morgan fingerprint density at radius 2 is 1.81 bits per heavy atom. The van der Waals surface area contributed by atoms with Crippen molar-refractivity contribution >= 4 is 57.0 Å². The summed E-state index contributed by atoms with van der Waals surface area (Å²) in [6.45, 7) is 2.51. The third kappa shape index (κ3) is 4.72. The van der Waals surface area contributed by atoms with Gasteiger partial charge >= 0.3 is 0 Å². The van der Waals surface area contributed by atoms with Gasteiger partial charge in [0.1, 0.15) is 5.69 Å². The summed E-state index contributed by atoms with van der Waals surface area (Å²) in [6.07, 6.45) is 0. The molecule has 0 saturated carbocycles. The van der Waals surface area contributed by atoms with Crippen molar-refractivity contribution in [1.29, 1.82) is 0 Å². The zero-order chi connectivity index (χ0) is 22.7. The lowest BCUT2D eigenvalue weighted by atomic mass is 10.2. The summed E-state index contributed by atoms with van der Waals surface area (Å²) in [7, 11) is 3.18. The van der Waals surface area contributed by atoms with Crippen LogP contribution in [0.4, 0.5) is 16.5 Å². The van der Waals surface area contributed by atoms with Crippen molar-refractivity contribution < 1.29 is 14.3 Å². The van der Waals surface area contributed by atoms with Crippen LogP contribution < -0.4 is 19.7 Å². The smallest absolute Gasteiger partial charge is 0.273 e. The van der Waals surface area contributed by atoms with E-state index in [4.69, 9.17) is 32.7 Å². The predicted molar refractivity (Wildman–Crippen MR) is 130 cm³/mol. The Balaban J connectivity index is 1.39. The summed E-state index contributed by atoms with van der Waals surface area (Å²) in [6, 6.07) is 11.1. The Labute approximate surface area is 200 Å². The summed E-state index contributed by atoms with van der Waals surface area (Å²) in [5.74, 6) is 1.17. The van der Waals surface area contributed by atoms with Crippen molar-refractivity contribution in [2.75, 3.05) is 50.6 Å². The minimum absolute atomic E-state index is 0.0848. The number of halogens is 2. The van der Waals surface area contributed by atoms with Crippen LogP contribution >= 0.6 is 34.5 Å². The molecule has 2 aromatic carbocycles. The van der Waals surface area contributed by atoms with Crippen LogP contribution in [0.15, 0.2) is 41.8 Å². The molecular formula is C22H22Cl2N4O3S. The van der Waals surface area contributed by atoms with Crippen LogP contribution in [0.3, 0.4) is 0 Å². The van der Waals surface area contributed by atoms with E-state index < -0.39 is 0 Å². The maximum atomic E-state index is 13.0. The van der Waals surface area contributed by atoms with E-state index in [1.54, 1.807) is 25.7 Å². The number of benzene rings is 2. The maximum absolute atomic E-state index is 13.0. The molecule has 1 N–H and O–H groups in total. The summed E-state index contributed by atoms with van der Waals surface area (Å²) in [5, 5.41) is 6.68. The van der Waals surface area contributed by atoms with Gasteiger partial charge in [0.2, 0.25) is 0 Å². The Morgan fingerprint density at radius 1 is 1.06 bits per heavy atom. The monoisotopic (exact) mass is 492 g/mol. The molecule has 7 nitrogen and oxygen atoms in total. The number of amides is 1. The van der Waals surface area contributed by atoms with E-state index in [1.165, 1.54) is 11.3 Å². The van der Waals surface area contributed by atoms with Gasteiger partial charge in [-0.25, -0.2) is 4.98 Å². The second kappa shape index (κ2) is 9.85. The number of aromatic nitrogens is 1. The van der Waals surface area contributed by atoms with E-state index in [2.05, 4.69) is 15.2 Å². The molecule has 2 heterocycles. The number of nitrogens with zero attached hydrogens (tertiary/aromatic N) is 3. The van der Waals surface area contributed by atoms with Gasteiger partial charge in [0.05, 0.1) is 30.0 Å². The molecule has 4 rings (SSSR count). The Kier molecular flexibility index (Phi) is 6.93. The molecule has 0 atom stereocenters. The van der Waals surface area contributed by atoms with E-state index in [0.717, 1.165) is 11.4 Å². The summed E-state index contributed by atoms with van der Waals surface area (Å²) < 4.78 is 10.6.